The second-order valence-corrected chi connectivity index (χ2v) is 15.4. The van der Waals surface area contributed by atoms with E-state index in [-0.39, 0.29) is 28.6 Å². The average molecular weight is 735 g/mol. The van der Waals surface area contributed by atoms with Crippen molar-refractivity contribution in [1.82, 2.24) is 14.9 Å². The Balaban J connectivity index is 1.51. The summed E-state index contributed by atoms with van der Waals surface area (Å²) in [4.78, 5) is 35.9. The molecule has 0 saturated carbocycles. The normalized spacial score (nSPS) is 17.9. The summed E-state index contributed by atoms with van der Waals surface area (Å²) < 4.78 is 103. The van der Waals surface area contributed by atoms with Crippen molar-refractivity contribution in [3.8, 4) is 17.2 Å². The summed E-state index contributed by atoms with van der Waals surface area (Å²) in [7, 11) is 0. The number of carbonyl (C=O) groups excluding carboxylic acids is 2. The van der Waals surface area contributed by atoms with Crippen molar-refractivity contribution < 1.29 is 45.4 Å². The second-order valence-electron chi connectivity index (χ2n) is 14.3. The molecular formula is C34H32F6N6O4S. The molecule has 10 nitrogen and oxygen atoms in total. The van der Waals surface area contributed by atoms with Crippen molar-refractivity contribution in [3.05, 3.63) is 47.0 Å². The number of hydrogen-bond donors (Lipinski definition) is 1. The third kappa shape index (κ3) is 6.80. The van der Waals surface area contributed by atoms with Gasteiger partial charge in [0.05, 0.1) is 23.2 Å². The molecule has 0 radical (unpaired) electrons. The first-order valence-corrected chi connectivity index (χ1v) is 16.7. The summed E-state index contributed by atoms with van der Waals surface area (Å²) in [6, 6.07) is 3.41. The number of hydrogen-bond acceptors (Lipinski definition) is 9. The maximum atomic E-state index is 16.7. The van der Waals surface area contributed by atoms with Gasteiger partial charge in [-0.05, 0) is 72.6 Å². The number of thiophene rings is 1. The fraction of sp³-hybridized carbons (Fsp3) is 0.441. The largest absolute Gasteiger partial charge is 0.444 e. The Morgan fingerprint density at radius 2 is 1.59 bits per heavy atom. The first kappa shape index (κ1) is 36.0. The van der Waals surface area contributed by atoms with Crippen molar-refractivity contribution in [2.24, 2.45) is 0 Å². The summed E-state index contributed by atoms with van der Waals surface area (Å²) in [5, 5.41) is 11.4. The number of nitriles is 1. The zero-order chi connectivity index (χ0) is 37.4. The highest BCUT2D eigenvalue weighted by Crippen LogP contribution is 2.49. The molecule has 2 aromatic carbocycles. The van der Waals surface area contributed by atoms with Crippen LogP contribution in [0.4, 0.5) is 46.8 Å². The van der Waals surface area contributed by atoms with Gasteiger partial charge in [0, 0.05) is 39.7 Å². The number of fused-ring (bicyclic) bond motifs is 4. The molecule has 0 unspecified atom stereocenters. The zero-order valence-corrected chi connectivity index (χ0v) is 29.1. The first-order chi connectivity index (χ1) is 23.7. The Bertz CT molecular complexity index is 2120. The van der Waals surface area contributed by atoms with E-state index in [1.54, 1.807) is 52.5 Å². The smallest absolute Gasteiger partial charge is 0.417 e. The van der Waals surface area contributed by atoms with Crippen molar-refractivity contribution >= 4 is 55.3 Å². The van der Waals surface area contributed by atoms with Gasteiger partial charge in [0.2, 0.25) is 0 Å². The van der Waals surface area contributed by atoms with Gasteiger partial charge in [-0.3, -0.25) is 10.2 Å². The van der Waals surface area contributed by atoms with Crippen LogP contribution >= 0.6 is 11.3 Å². The van der Waals surface area contributed by atoms with Crippen LogP contribution in [0, 0.1) is 29.0 Å². The third-order valence-electron chi connectivity index (χ3n) is 8.36. The highest BCUT2D eigenvalue weighted by Gasteiger charge is 2.46. The van der Waals surface area contributed by atoms with E-state index < -0.39 is 97.9 Å². The Hall–Kier alpha value is -4.85. The minimum absolute atomic E-state index is 0.0355. The number of nitrogens with zero attached hydrogens (tertiary/aromatic N) is 5. The van der Waals surface area contributed by atoms with Gasteiger partial charge < -0.3 is 14.4 Å². The topological polar surface area (TPSA) is 121 Å². The van der Waals surface area contributed by atoms with Gasteiger partial charge in [-0.2, -0.15) is 32.8 Å². The van der Waals surface area contributed by atoms with E-state index in [0.29, 0.717) is 18.9 Å². The van der Waals surface area contributed by atoms with E-state index in [9.17, 15) is 28.0 Å². The summed E-state index contributed by atoms with van der Waals surface area (Å²) >= 11 is 0.744. The van der Waals surface area contributed by atoms with Crippen molar-refractivity contribution in [3.63, 3.8) is 0 Å². The average Bonchev–Trinajstić information content (AvgIpc) is 3.47. The molecule has 4 aromatic rings. The van der Waals surface area contributed by atoms with Gasteiger partial charge in [-0.15, -0.1) is 11.3 Å². The second kappa shape index (κ2) is 12.4. The molecule has 2 bridgehead atoms. The van der Waals surface area contributed by atoms with Crippen LogP contribution in [0.1, 0.15) is 65.5 Å². The summed E-state index contributed by atoms with van der Waals surface area (Å²) in [6.07, 6.45) is -7.21. The molecular weight excluding hydrogens is 702 g/mol. The third-order valence-corrected chi connectivity index (χ3v) is 9.43. The molecule has 0 aliphatic carbocycles. The van der Waals surface area contributed by atoms with E-state index in [2.05, 4.69) is 15.3 Å². The Morgan fingerprint density at radius 3 is 2.16 bits per heavy atom. The number of nitrogens with one attached hydrogen (secondary N) is 1. The van der Waals surface area contributed by atoms with Crippen LogP contribution in [0.25, 0.3) is 32.1 Å². The van der Waals surface area contributed by atoms with Gasteiger partial charge >= 0.3 is 24.4 Å². The number of aromatic nitrogens is 2. The molecule has 270 valence electrons. The molecule has 4 heterocycles. The molecule has 2 atom stereocenters. The van der Waals surface area contributed by atoms with Crippen LogP contribution in [0.5, 0.6) is 0 Å². The number of rotatable bonds is 3. The van der Waals surface area contributed by atoms with E-state index in [4.69, 9.17) is 9.47 Å². The van der Waals surface area contributed by atoms with Crippen molar-refractivity contribution in [1.29, 1.82) is 5.26 Å². The SMILES string of the molecule is CC(C)(C)OC(=O)Nc1sc2ccc(F)c(-c3c(C(F)(F)F)cc4c(N5C[C@H]6CC[C@@H](C5)N6C(=O)OC(C)(C)C)nc(F)nc4c3F)c2c1C#N. The van der Waals surface area contributed by atoms with E-state index in [0.717, 1.165) is 17.4 Å². The van der Waals surface area contributed by atoms with Crippen LogP contribution in [-0.2, 0) is 15.7 Å². The molecule has 2 amide bonds. The molecule has 2 aliphatic rings. The lowest BCUT2D eigenvalue weighted by molar-refractivity contribution is -0.137. The van der Waals surface area contributed by atoms with Crippen LogP contribution in [-0.4, -0.2) is 63.4 Å². The lowest BCUT2D eigenvalue weighted by atomic mass is 9.92. The molecule has 2 aliphatic heterocycles. The number of carbonyl (C=O) groups is 2. The Labute approximate surface area is 291 Å². The summed E-state index contributed by atoms with van der Waals surface area (Å²) in [5.74, 6) is -3.33. The van der Waals surface area contributed by atoms with Gasteiger partial charge in [0.15, 0.2) is 5.82 Å². The minimum Gasteiger partial charge on any atom is -0.444 e. The molecule has 51 heavy (non-hydrogen) atoms. The number of halogens is 6. The predicted molar refractivity (Wildman–Crippen MR) is 177 cm³/mol. The van der Waals surface area contributed by atoms with Crippen LogP contribution in [0.3, 0.4) is 0 Å². The molecule has 2 saturated heterocycles. The molecule has 0 spiro atoms. The van der Waals surface area contributed by atoms with Crippen LogP contribution in [0.15, 0.2) is 18.2 Å². The van der Waals surface area contributed by atoms with E-state index in [1.165, 1.54) is 11.0 Å². The maximum absolute atomic E-state index is 16.7. The number of piperazine rings is 1. The highest BCUT2D eigenvalue weighted by molar-refractivity contribution is 7.23. The first-order valence-electron chi connectivity index (χ1n) is 15.9. The monoisotopic (exact) mass is 734 g/mol. The fourth-order valence-electron chi connectivity index (χ4n) is 6.58. The maximum Gasteiger partial charge on any atom is 0.417 e. The highest BCUT2D eigenvalue weighted by atomic mass is 32.1. The lowest BCUT2D eigenvalue weighted by Crippen LogP contribution is -2.57. The predicted octanol–water partition coefficient (Wildman–Crippen LogP) is 8.75. The van der Waals surface area contributed by atoms with Gasteiger partial charge in [0.25, 0.3) is 0 Å². The zero-order valence-electron chi connectivity index (χ0n) is 28.3. The number of ether oxygens (including phenoxy) is 2. The Morgan fingerprint density at radius 1 is 0.961 bits per heavy atom. The molecule has 6 rings (SSSR count). The lowest BCUT2D eigenvalue weighted by Gasteiger charge is -2.42. The Kier molecular flexibility index (Phi) is 8.76. The minimum atomic E-state index is -5.29. The fourth-order valence-corrected chi connectivity index (χ4v) is 7.63. The molecule has 2 aromatic heterocycles. The van der Waals surface area contributed by atoms with Crippen LogP contribution < -0.4 is 10.2 Å². The van der Waals surface area contributed by atoms with Gasteiger partial charge in [0.1, 0.15) is 39.4 Å². The van der Waals surface area contributed by atoms with Gasteiger partial charge in [-0.25, -0.2) is 18.4 Å². The molecule has 1 N–H and O–H groups in total. The number of anilines is 2. The van der Waals surface area contributed by atoms with E-state index >= 15 is 13.2 Å². The summed E-state index contributed by atoms with van der Waals surface area (Å²) in [5.41, 5.74) is -6.84. The van der Waals surface area contributed by atoms with Crippen molar-refractivity contribution in [2.45, 2.75) is 83.8 Å². The molecule has 2 fully saturated rings. The van der Waals surface area contributed by atoms with Crippen LogP contribution in [0.2, 0.25) is 0 Å². The van der Waals surface area contributed by atoms with E-state index in [1.807, 2.05) is 0 Å². The molecule has 17 heteroatoms. The number of benzene rings is 2. The number of amides is 2. The summed E-state index contributed by atoms with van der Waals surface area (Å²) in [6.45, 7) is 9.97. The standard InChI is InChI=1S/C34H32F6N6O4S/c1-32(2,3)49-30(47)44-28-18(12-41)22-21(51-28)10-9-20(35)24(22)23-19(34(38,39)40)11-17-26(25(23)36)42-29(37)43-27(17)45-13-15-7-8-16(14-45)46(15)31(48)50-33(4,5)6/h9-11,15-16H,7-8,13-14H2,1-6H3,(H,44,47)/t15-,16+. The van der Waals surface area contributed by atoms with Crippen molar-refractivity contribution in [2.75, 3.05) is 23.3 Å². The number of alkyl halides is 3. The quantitative estimate of drug-likeness (QED) is 0.164. The van der Waals surface area contributed by atoms with Gasteiger partial charge in [-0.1, -0.05) is 0 Å².